The van der Waals surface area contributed by atoms with Crippen LogP contribution in [-0.2, 0) is 0 Å². The minimum atomic E-state index is 0.0104. The van der Waals surface area contributed by atoms with Crippen molar-refractivity contribution in [1.29, 1.82) is 0 Å². The first kappa shape index (κ1) is 10.6. The zero-order valence-electron chi connectivity index (χ0n) is 8.34. The molecule has 2 nitrogen and oxygen atoms in total. The van der Waals surface area contributed by atoms with Gasteiger partial charge in [0.1, 0.15) is 6.61 Å². The minimum Gasteiger partial charge on any atom is -0.384 e. The van der Waals surface area contributed by atoms with Crippen molar-refractivity contribution in [2.45, 2.75) is 25.7 Å². The molecule has 1 rings (SSSR count). The highest BCUT2D eigenvalue weighted by Gasteiger charge is 2.18. The molecule has 0 saturated heterocycles. The second-order valence-electron chi connectivity index (χ2n) is 3.75. The molecule has 0 spiro atoms. The number of aliphatic hydroxyl groups is 1. The van der Waals surface area contributed by atoms with Crippen LogP contribution in [0, 0.1) is 23.7 Å². The molecular weight excluding hydrogens is 162 g/mol. The monoisotopic (exact) mass is 181 g/mol. The smallest absolute Gasteiger partial charge is 0.104 e. The summed E-state index contributed by atoms with van der Waals surface area (Å²) in [7, 11) is 2.01. The highest BCUT2D eigenvalue weighted by molar-refractivity contribution is 5.04. The Kier molecular flexibility index (Phi) is 4.88. The van der Waals surface area contributed by atoms with E-state index in [4.69, 9.17) is 5.11 Å². The van der Waals surface area contributed by atoms with Gasteiger partial charge in [-0.1, -0.05) is 11.8 Å². The van der Waals surface area contributed by atoms with E-state index in [0.29, 0.717) is 5.92 Å². The van der Waals surface area contributed by atoms with Crippen molar-refractivity contribution in [2.24, 2.45) is 11.8 Å². The molecule has 0 unspecified atom stereocenters. The molecule has 0 amide bonds. The van der Waals surface area contributed by atoms with Gasteiger partial charge < -0.3 is 10.4 Å². The third-order valence-electron chi connectivity index (χ3n) is 2.72. The molecule has 13 heavy (non-hydrogen) atoms. The Bertz CT molecular complexity index is 184. The SMILES string of the molecule is CNCC1CCC(C#CCO)CC1. The molecule has 0 aromatic rings. The van der Waals surface area contributed by atoms with E-state index in [1.807, 2.05) is 7.05 Å². The average Bonchev–Trinajstić information content (AvgIpc) is 2.17. The van der Waals surface area contributed by atoms with Gasteiger partial charge in [-0.05, 0) is 45.2 Å². The van der Waals surface area contributed by atoms with E-state index in [2.05, 4.69) is 17.2 Å². The van der Waals surface area contributed by atoms with Gasteiger partial charge in [0.15, 0.2) is 0 Å². The summed E-state index contributed by atoms with van der Waals surface area (Å²) in [6.07, 6.45) is 4.98. The van der Waals surface area contributed by atoms with E-state index < -0.39 is 0 Å². The summed E-state index contributed by atoms with van der Waals surface area (Å²) in [4.78, 5) is 0. The Balaban J connectivity index is 2.22. The largest absolute Gasteiger partial charge is 0.384 e. The lowest BCUT2D eigenvalue weighted by Gasteiger charge is -2.25. The Morgan fingerprint density at radius 2 is 2.00 bits per heavy atom. The first-order valence-corrected chi connectivity index (χ1v) is 5.10. The fourth-order valence-corrected chi connectivity index (χ4v) is 1.99. The molecule has 0 aliphatic heterocycles. The van der Waals surface area contributed by atoms with Crippen molar-refractivity contribution in [3.8, 4) is 11.8 Å². The highest BCUT2D eigenvalue weighted by atomic mass is 16.2. The Morgan fingerprint density at radius 3 is 2.54 bits per heavy atom. The maximum absolute atomic E-state index is 8.55. The molecule has 0 radical (unpaired) electrons. The molecule has 0 aromatic heterocycles. The molecule has 0 aromatic carbocycles. The number of nitrogens with one attached hydrogen (secondary N) is 1. The van der Waals surface area contributed by atoms with E-state index >= 15 is 0 Å². The first-order chi connectivity index (χ1) is 6.36. The van der Waals surface area contributed by atoms with Crippen LogP contribution in [0.25, 0.3) is 0 Å². The predicted molar refractivity (Wildman–Crippen MR) is 54.2 cm³/mol. The number of rotatable bonds is 2. The van der Waals surface area contributed by atoms with Crippen molar-refractivity contribution in [2.75, 3.05) is 20.2 Å². The topological polar surface area (TPSA) is 32.3 Å². The summed E-state index contributed by atoms with van der Waals surface area (Å²) in [6.45, 7) is 1.15. The molecule has 1 aliphatic rings. The van der Waals surface area contributed by atoms with Gasteiger partial charge in [0.25, 0.3) is 0 Å². The van der Waals surface area contributed by atoms with Crippen LogP contribution in [0.5, 0.6) is 0 Å². The van der Waals surface area contributed by atoms with E-state index in [-0.39, 0.29) is 6.61 Å². The molecule has 0 heterocycles. The Morgan fingerprint density at radius 1 is 1.31 bits per heavy atom. The van der Waals surface area contributed by atoms with Gasteiger partial charge in [0, 0.05) is 5.92 Å². The predicted octanol–water partition coefficient (Wildman–Crippen LogP) is 1.01. The lowest BCUT2D eigenvalue weighted by Crippen LogP contribution is -2.23. The van der Waals surface area contributed by atoms with Crippen LogP contribution in [-0.4, -0.2) is 25.3 Å². The van der Waals surface area contributed by atoms with E-state index in [1.54, 1.807) is 0 Å². The van der Waals surface area contributed by atoms with Crippen LogP contribution in [0.15, 0.2) is 0 Å². The van der Waals surface area contributed by atoms with Crippen LogP contribution < -0.4 is 5.32 Å². The Hall–Kier alpha value is -0.520. The van der Waals surface area contributed by atoms with Crippen molar-refractivity contribution in [1.82, 2.24) is 5.32 Å². The van der Waals surface area contributed by atoms with Gasteiger partial charge in [-0.2, -0.15) is 0 Å². The molecule has 0 atom stereocenters. The molecule has 2 heteroatoms. The second kappa shape index (κ2) is 6.01. The van der Waals surface area contributed by atoms with Crippen molar-refractivity contribution >= 4 is 0 Å². The summed E-state index contributed by atoms with van der Waals surface area (Å²) >= 11 is 0. The van der Waals surface area contributed by atoms with Gasteiger partial charge in [0.05, 0.1) is 0 Å². The van der Waals surface area contributed by atoms with Gasteiger partial charge in [-0.3, -0.25) is 0 Å². The van der Waals surface area contributed by atoms with Crippen LogP contribution in [0.2, 0.25) is 0 Å². The third kappa shape index (κ3) is 3.80. The quantitative estimate of drug-likeness (QED) is 0.623. The van der Waals surface area contributed by atoms with E-state index in [1.165, 1.54) is 25.7 Å². The van der Waals surface area contributed by atoms with Crippen LogP contribution in [0.1, 0.15) is 25.7 Å². The second-order valence-corrected chi connectivity index (χ2v) is 3.75. The molecular formula is C11H19NO. The molecule has 74 valence electrons. The highest BCUT2D eigenvalue weighted by Crippen LogP contribution is 2.27. The summed E-state index contributed by atoms with van der Waals surface area (Å²) in [5, 5.41) is 11.8. The number of aliphatic hydroxyl groups excluding tert-OH is 1. The van der Waals surface area contributed by atoms with Gasteiger partial charge in [-0.25, -0.2) is 0 Å². The van der Waals surface area contributed by atoms with E-state index in [0.717, 1.165) is 12.5 Å². The van der Waals surface area contributed by atoms with Gasteiger partial charge in [0.2, 0.25) is 0 Å². The maximum atomic E-state index is 8.55. The summed E-state index contributed by atoms with van der Waals surface area (Å²) in [5.74, 6) is 7.25. The standard InChI is InChI=1S/C11H19NO/c1-12-9-11-6-4-10(5-7-11)3-2-8-13/h10-13H,4-9H2,1H3. The number of hydrogen-bond donors (Lipinski definition) is 2. The zero-order chi connectivity index (χ0) is 9.52. The summed E-state index contributed by atoms with van der Waals surface area (Å²) in [6, 6.07) is 0. The average molecular weight is 181 g/mol. The fourth-order valence-electron chi connectivity index (χ4n) is 1.99. The van der Waals surface area contributed by atoms with Crippen molar-refractivity contribution in [3.63, 3.8) is 0 Å². The molecule has 1 saturated carbocycles. The van der Waals surface area contributed by atoms with Gasteiger partial charge in [-0.15, -0.1) is 0 Å². The fraction of sp³-hybridized carbons (Fsp3) is 0.818. The van der Waals surface area contributed by atoms with Crippen LogP contribution >= 0.6 is 0 Å². The summed E-state index contributed by atoms with van der Waals surface area (Å²) in [5.41, 5.74) is 0. The van der Waals surface area contributed by atoms with Gasteiger partial charge >= 0.3 is 0 Å². The van der Waals surface area contributed by atoms with Crippen molar-refractivity contribution in [3.05, 3.63) is 0 Å². The number of hydrogen-bond acceptors (Lipinski definition) is 2. The molecule has 2 N–H and O–H groups in total. The summed E-state index contributed by atoms with van der Waals surface area (Å²) < 4.78 is 0. The zero-order valence-corrected chi connectivity index (χ0v) is 8.34. The molecule has 1 fully saturated rings. The lowest BCUT2D eigenvalue weighted by molar-refractivity contribution is 0.310. The van der Waals surface area contributed by atoms with Crippen molar-refractivity contribution < 1.29 is 5.11 Å². The van der Waals surface area contributed by atoms with Crippen LogP contribution in [0.3, 0.4) is 0 Å². The van der Waals surface area contributed by atoms with Crippen LogP contribution in [0.4, 0.5) is 0 Å². The maximum Gasteiger partial charge on any atom is 0.104 e. The Labute approximate surface area is 80.7 Å². The normalized spacial score (nSPS) is 27.8. The molecule has 0 bridgehead atoms. The minimum absolute atomic E-state index is 0.0104. The van der Waals surface area contributed by atoms with E-state index in [9.17, 15) is 0 Å². The molecule has 1 aliphatic carbocycles. The first-order valence-electron chi connectivity index (χ1n) is 5.10. The third-order valence-corrected chi connectivity index (χ3v) is 2.72. The lowest BCUT2D eigenvalue weighted by atomic mass is 9.82.